The van der Waals surface area contributed by atoms with Crippen molar-refractivity contribution in [1.29, 1.82) is 0 Å². The van der Waals surface area contributed by atoms with Crippen LogP contribution >= 0.6 is 0 Å². The molecule has 0 rings (SSSR count). The van der Waals surface area contributed by atoms with E-state index in [1.807, 2.05) is 6.08 Å². The van der Waals surface area contributed by atoms with E-state index in [1.54, 1.807) is 0 Å². The molecule has 1 atom stereocenters. The lowest BCUT2D eigenvalue weighted by Crippen LogP contribution is -2.30. The molecule has 0 N–H and O–H groups in total. The second-order valence-electron chi connectivity index (χ2n) is 19.9. The van der Waals surface area contributed by atoms with Crippen LogP contribution in [0.2, 0.25) is 0 Å². The second-order valence-corrected chi connectivity index (χ2v) is 19.9. The van der Waals surface area contributed by atoms with Crippen LogP contribution in [0.3, 0.4) is 0 Å². The summed E-state index contributed by atoms with van der Waals surface area (Å²) in [6.45, 7) is 6.50. The van der Waals surface area contributed by atoms with Gasteiger partial charge < -0.3 is 14.2 Å². The summed E-state index contributed by atoms with van der Waals surface area (Å²) < 4.78 is 16.8. The summed E-state index contributed by atoms with van der Waals surface area (Å²) in [6, 6.07) is 0. The lowest BCUT2D eigenvalue weighted by molar-refractivity contribution is -0.166. The maximum atomic E-state index is 12.9. The first kappa shape index (κ1) is 69.1. The summed E-state index contributed by atoms with van der Waals surface area (Å²) in [7, 11) is 0. The molecule has 0 bridgehead atoms. The minimum atomic E-state index is -0.826. The van der Waals surface area contributed by atoms with Gasteiger partial charge in [0.2, 0.25) is 0 Å². The quantitative estimate of drug-likeness (QED) is 0.0261. The van der Waals surface area contributed by atoms with E-state index in [1.165, 1.54) is 148 Å². The van der Waals surface area contributed by atoms with Crippen LogP contribution in [0.1, 0.15) is 278 Å². The minimum Gasteiger partial charge on any atom is -0.462 e. The molecular formula is C67H112O6. The van der Waals surface area contributed by atoms with Gasteiger partial charge in [0.15, 0.2) is 6.10 Å². The minimum absolute atomic E-state index is 0.113. The molecule has 0 saturated carbocycles. The van der Waals surface area contributed by atoms with E-state index in [9.17, 15) is 14.4 Å². The molecule has 6 heteroatoms. The van der Waals surface area contributed by atoms with Crippen LogP contribution in [0.25, 0.3) is 0 Å². The highest BCUT2D eigenvalue weighted by atomic mass is 16.6. The van der Waals surface area contributed by atoms with Crippen LogP contribution < -0.4 is 0 Å². The van der Waals surface area contributed by atoms with Gasteiger partial charge in [0.25, 0.3) is 0 Å². The van der Waals surface area contributed by atoms with Crippen LogP contribution in [0.5, 0.6) is 0 Å². The Morgan fingerprint density at radius 1 is 0.274 bits per heavy atom. The Labute approximate surface area is 450 Å². The van der Waals surface area contributed by atoms with Crippen molar-refractivity contribution >= 4 is 17.9 Å². The van der Waals surface area contributed by atoms with Gasteiger partial charge in [0, 0.05) is 19.3 Å². The fourth-order valence-electron chi connectivity index (χ4n) is 8.13. The smallest absolute Gasteiger partial charge is 0.306 e. The third kappa shape index (κ3) is 58.8. The molecule has 0 saturated heterocycles. The molecule has 0 aliphatic heterocycles. The van der Waals surface area contributed by atoms with Crippen molar-refractivity contribution in [3.05, 3.63) is 109 Å². The topological polar surface area (TPSA) is 78.9 Å². The summed E-state index contributed by atoms with van der Waals surface area (Å²) in [5, 5.41) is 0. The zero-order chi connectivity index (χ0) is 52.9. The number of unbranched alkanes of at least 4 members (excludes halogenated alkanes) is 25. The van der Waals surface area contributed by atoms with Gasteiger partial charge >= 0.3 is 17.9 Å². The Hall–Kier alpha value is -3.93. The van der Waals surface area contributed by atoms with Gasteiger partial charge in [-0.2, -0.15) is 0 Å². The molecule has 0 unspecified atom stereocenters. The number of hydrogen-bond donors (Lipinski definition) is 0. The van der Waals surface area contributed by atoms with Crippen LogP contribution in [-0.4, -0.2) is 37.2 Å². The first-order valence-electron chi connectivity index (χ1n) is 30.4. The van der Waals surface area contributed by atoms with Gasteiger partial charge in [-0.25, -0.2) is 0 Å². The van der Waals surface area contributed by atoms with E-state index < -0.39 is 12.1 Å². The maximum absolute atomic E-state index is 12.9. The van der Waals surface area contributed by atoms with Crippen molar-refractivity contribution in [3.63, 3.8) is 0 Å². The van der Waals surface area contributed by atoms with E-state index in [2.05, 4.69) is 124 Å². The SMILES string of the molecule is CCCCC/C=C\C/C=C\C/C=C\C/C=C\C/C=C\CCC(=O)O[C@@H](COC(=O)CCCCCCCCC/C=C\C/C=C\CCCCC)COC(=O)CCCCCCCCCCC/C=C\C/C=C\CCCCC. The molecule has 73 heavy (non-hydrogen) atoms. The molecule has 0 spiro atoms. The third-order valence-electron chi connectivity index (χ3n) is 12.7. The van der Waals surface area contributed by atoms with Crippen molar-refractivity contribution in [2.45, 2.75) is 284 Å². The Morgan fingerprint density at radius 2 is 0.521 bits per heavy atom. The molecule has 0 fully saturated rings. The van der Waals surface area contributed by atoms with Crippen LogP contribution in [0.15, 0.2) is 109 Å². The Balaban J connectivity index is 4.52. The third-order valence-corrected chi connectivity index (χ3v) is 12.7. The van der Waals surface area contributed by atoms with Gasteiger partial charge in [-0.1, -0.05) is 246 Å². The van der Waals surface area contributed by atoms with E-state index in [4.69, 9.17) is 14.2 Å². The van der Waals surface area contributed by atoms with Crippen LogP contribution in [0.4, 0.5) is 0 Å². The molecule has 0 radical (unpaired) electrons. The molecule has 6 nitrogen and oxygen atoms in total. The molecule has 0 aromatic carbocycles. The standard InChI is InChI=1S/C67H112O6/c1-4-7-10-13-16-19-22-25-28-31-33-36-39-42-45-48-51-54-57-60-66(69)72-63-64(62-71-65(68)59-56-53-50-47-44-41-38-35-30-27-24-21-18-15-12-9-6-3)73-67(70)61-58-55-52-49-46-43-40-37-34-32-29-26-23-20-17-14-11-8-5-2/h16-21,25-30,34,37,43,46,52,55,64H,4-15,22-24,31-33,35-36,38-42,44-45,47-51,53-54,56-63H2,1-3H3/b19-16-,20-17-,21-18-,28-25-,29-26-,30-27-,37-34-,46-43-,55-52-/t64-/m0/s1. The predicted octanol–water partition coefficient (Wildman–Crippen LogP) is 20.7. The van der Waals surface area contributed by atoms with E-state index >= 15 is 0 Å². The number of hydrogen-bond acceptors (Lipinski definition) is 6. The molecule has 0 amide bonds. The summed E-state index contributed by atoms with van der Waals surface area (Å²) in [4.78, 5) is 38.2. The van der Waals surface area contributed by atoms with E-state index in [0.29, 0.717) is 19.3 Å². The summed E-state index contributed by atoms with van der Waals surface area (Å²) >= 11 is 0. The van der Waals surface area contributed by atoms with Gasteiger partial charge in [-0.3, -0.25) is 14.4 Å². The highest BCUT2D eigenvalue weighted by Gasteiger charge is 2.19. The first-order chi connectivity index (χ1) is 36.0. The first-order valence-corrected chi connectivity index (χ1v) is 30.4. The normalized spacial score (nSPS) is 12.9. The average Bonchev–Trinajstić information content (AvgIpc) is 3.39. The lowest BCUT2D eigenvalue weighted by atomic mass is 10.1. The van der Waals surface area contributed by atoms with Gasteiger partial charge in [0.05, 0.1) is 0 Å². The number of ether oxygens (including phenoxy) is 3. The fourth-order valence-corrected chi connectivity index (χ4v) is 8.13. The molecule has 0 aromatic heterocycles. The predicted molar refractivity (Wildman–Crippen MR) is 316 cm³/mol. The number of carbonyl (C=O) groups excluding carboxylic acids is 3. The summed E-state index contributed by atoms with van der Waals surface area (Å²) in [6.07, 6.45) is 82.3. The molecule has 0 aromatic rings. The van der Waals surface area contributed by atoms with Crippen LogP contribution in [-0.2, 0) is 28.6 Å². The lowest BCUT2D eigenvalue weighted by Gasteiger charge is -2.18. The molecule has 0 aliphatic carbocycles. The second kappa shape index (κ2) is 60.6. The zero-order valence-electron chi connectivity index (χ0n) is 47.6. The number of esters is 3. The van der Waals surface area contributed by atoms with Crippen molar-refractivity contribution in [2.24, 2.45) is 0 Å². The monoisotopic (exact) mass is 1010 g/mol. The van der Waals surface area contributed by atoms with E-state index in [0.717, 1.165) is 83.5 Å². The molecule has 416 valence electrons. The number of carbonyl (C=O) groups is 3. The van der Waals surface area contributed by atoms with Crippen molar-refractivity contribution in [2.75, 3.05) is 13.2 Å². The van der Waals surface area contributed by atoms with E-state index in [-0.39, 0.29) is 31.6 Å². The Morgan fingerprint density at radius 3 is 0.822 bits per heavy atom. The average molecular weight is 1010 g/mol. The van der Waals surface area contributed by atoms with Crippen molar-refractivity contribution in [1.82, 2.24) is 0 Å². The highest BCUT2D eigenvalue weighted by Crippen LogP contribution is 2.14. The molecule has 0 aliphatic rings. The Kier molecular flexibility index (Phi) is 57.4. The summed E-state index contributed by atoms with van der Waals surface area (Å²) in [5.41, 5.74) is 0. The largest absolute Gasteiger partial charge is 0.462 e. The zero-order valence-corrected chi connectivity index (χ0v) is 47.6. The fraction of sp³-hybridized carbons (Fsp3) is 0.687. The van der Waals surface area contributed by atoms with Crippen molar-refractivity contribution in [3.8, 4) is 0 Å². The van der Waals surface area contributed by atoms with Gasteiger partial charge in [0.1, 0.15) is 13.2 Å². The van der Waals surface area contributed by atoms with Crippen LogP contribution in [0, 0.1) is 0 Å². The number of rotatable bonds is 54. The van der Waals surface area contributed by atoms with Crippen molar-refractivity contribution < 1.29 is 28.6 Å². The maximum Gasteiger partial charge on any atom is 0.306 e. The highest BCUT2D eigenvalue weighted by molar-refractivity contribution is 5.71. The number of allylic oxidation sites excluding steroid dienone is 18. The van der Waals surface area contributed by atoms with Gasteiger partial charge in [-0.05, 0) is 122 Å². The molecule has 0 heterocycles. The Bertz CT molecular complexity index is 1490. The van der Waals surface area contributed by atoms with Gasteiger partial charge in [-0.15, -0.1) is 0 Å². The molecular weight excluding hydrogens is 901 g/mol. The summed E-state index contributed by atoms with van der Waals surface area (Å²) in [5.74, 6) is -1.01.